The van der Waals surface area contributed by atoms with Crippen LogP contribution in [0, 0.1) is 0 Å². The van der Waals surface area contributed by atoms with Gasteiger partial charge in [0.25, 0.3) is 0 Å². The summed E-state index contributed by atoms with van der Waals surface area (Å²) in [5, 5.41) is 3.15. The Kier molecular flexibility index (Phi) is 5.01. The van der Waals surface area contributed by atoms with Gasteiger partial charge in [-0.15, -0.1) is 0 Å². The van der Waals surface area contributed by atoms with Crippen LogP contribution >= 0.6 is 0 Å². The summed E-state index contributed by atoms with van der Waals surface area (Å²) in [6.07, 6.45) is 1.90. The fourth-order valence-electron chi connectivity index (χ4n) is 1.72. The van der Waals surface area contributed by atoms with Crippen molar-refractivity contribution >= 4 is 5.91 Å². The van der Waals surface area contributed by atoms with Gasteiger partial charge in [-0.25, -0.2) is 0 Å². The van der Waals surface area contributed by atoms with Crippen LogP contribution in [-0.2, 0) is 9.53 Å². The Morgan fingerprint density at radius 3 is 2.87 bits per heavy atom. The number of amides is 1. The summed E-state index contributed by atoms with van der Waals surface area (Å²) < 4.78 is 5.46. The molecule has 0 saturated carbocycles. The maximum Gasteiger partial charge on any atom is 0.237 e. The second kappa shape index (κ2) is 6.05. The summed E-state index contributed by atoms with van der Waals surface area (Å²) in [6, 6.07) is -0.340. The number of hydrogen-bond donors (Lipinski definition) is 2. The summed E-state index contributed by atoms with van der Waals surface area (Å²) in [5.41, 5.74) is 5.34. The van der Waals surface area contributed by atoms with E-state index in [4.69, 9.17) is 10.5 Å². The zero-order valence-electron chi connectivity index (χ0n) is 9.53. The quantitative estimate of drug-likeness (QED) is 0.607. The van der Waals surface area contributed by atoms with Gasteiger partial charge < -0.3 is 20.7 Å². The molecule has 1 aliphatic rings. The summed E-state index contributed by atoms with van der Waals surface area (Å²) in [7, 11) is 3.99. The summed E-state index contributed by atoms with van der Waals surface area (Å²) in [5.74, 6) is -0.319. The maximum absolute atomic E-state index is 11.2. The average Bonchev–Trinajstić information content (AvgIpc) is 2.63. The molecule has 1 rings (SSSR count). The van der Waals surface area contributed by atoms with Gasteiger partial charge >= 0.3 is 0 Å². The third kappa shape index (κ3) is 4.15. The van der Waals surface area contributed by atoms with Crippen molar-refractivity contribution in [2.24, 2.45) is 5.73 Å². The van der Waals surface area contributed by atoms with E-state index in [1.165, 1.54) is 0 Å². The number of carbonyl (C=O) groups is 1. The minimum atomic E-state index is -0.340. The van der Waals surface area contributed by atoms with Crippen molar-refractivity contribution in [1.29, 1.82) is 0 Å². The number of primary amides is 1. The molecule has 2 unspecified atom stereocenters. The lowest BCUT2D eigenvalue weighted by molar-refractivity contribution is -0.123. The second-order valence-corrected chi connectivity index (χ2v) is 4.19. The van der Waals surface area contributed by atoms with Gasteiger partial charge in [0.15, 0.2) is 0 Å². The fraction of sp³-hybridized carbons (Fsp3) is 0.900. The Morgan fingerprint density at radius 1 is 1.67 bits per heavy atom. The number of likely N-dealkylation sites (N-methyl/N-ethyl adjacent to an activating group) is 1. The highest BCUT2D eigenvalue weighted by molar-refractivity contribution is 5.80. The van der Waals surface area contributed by atoms with Crippen molar-refractivity contribution < 1.29 is 9.53 Å². The van der Waals surface area contributed by atoms with E-state index in [1.807, 2.05) is 14.1 Å². The largest absolute Gasteiger partial charge is 0.376 e. The Bertz CT molecular complexity index is 203. The highest BCUT2D eigenvalue weighted by Crippen LogP contribution is 2.15. The van der Waals surface area contributed by atoms with Crippen molar-refractivity contribution in [3.8, 4) is 0 Å². The highest BCUT2D eigenvalue weighted by atomic mass is 16.5. The van der Waals surface area contributed by atoms with Gasteiger partial charge in [-0.1, -0.05) is 0 Å². The van der Waals surface area contributed by atoms with Crippen molar-refractivity contribution in [3.05, 3.63) is 0 Å². The molecule has 88 valence electrons. The van der Waals surface area contributed by atoms with Gasteiger partial charge in [-0.05, 0) is 26.9 Å². The molecule has 1 saturated heterocycles. The number of carbonyl (C=O) groups excluding carboxylic acids is 1. The molecule has 1 heterocycles. The Labute approximate surface area is 90.9 Å². The predicted octanol–water partition coefficient (Wildman–Crippen LogP) is -0.829. The fourth-order valence-corrected chi connectivity index (χ4v) is 1.72. The molecule has 0 bridgehead atoms. The molecular weight excluding hydrogens is 194 g/mol. The van der Waals surface area contributed by atoms with Crippen molar-refractivity contribution in [2.75, 3.05) is 33.8 Å². The van der Waals surface area contributed by atoms with Crippen LogP contribution in [0.3, 0.4) is 0 Å². The molecule has 0 aliphatic carbocycles. The number of rotatable bonds is 6. The topological polar surface area (TPSA) is 67.6 Å². The smallest absolute Gasteiger partial charge is 0.237 e. The molecule has 1 amide bonds. The SMILES string of the molecule is CN(C)CCNC(C(N)=O)C1CCCO1. The molecule has 0 aromatic heterocycles. The minimum Gasteiger partial charge on any atom is -0.376 e. The van der Waals surface area contributed by atoms with Crippen LogP contribution in [0.5, 0.6) is 0 Å². The van der Waals surface area contributed by atoms with Gasteiger partial charge in [-0.2, -0.15) is 0 Å². The van der Waals surface area contributed by atoms with Crippen LogP contribution in [0.15, 0.2) is 0 Å². The van der Waals surface area contributed by atoms with Crippen LogP contribution in [-0.4, -0.2) is 56.7 Å². The molecule has 15 heavy (non-hydrogen) atoms. The van der Waals surface area contributed by atoms with Gasteiger partial charge in [0, 0.05) is 19.7 Å². The highest BCUT2D eigenvalue weighted by Gasteiger charge is 2.29. The van der Waals surface area contributed by atoms with Crippen LogP contribution in [0.4, 0.5) is 0 Å². The Morgan fingerprint density at radius 2 is 2.40 bits per heavy atom. The molecule has 5 nitrogen and oxygen atoms in total. The molecule has 2 atom stereocenters. The van der Waals surface area contributed by atoms with Gasteiger partial charge in [-0.3, -0.25) is 4.79 Å². The summed E-state index contributed by atoms with van der Waals surface area (Å²) in [6.45, 7) is 2.38. The van der Waals surface area contributed by atoms with Crippen LogP contribution in [0.1, 0.15) is 12.8 Å². The van der Waals surface area contributed by atoms with Gasteiger partial charge in [0.1, 0.15) is 6.04 Å². The normalized spacial score (nSPS) is 23.3. The molecule has 5 heteroatoms. The third-order valence-corrected chi connectivity index (χ3v) is 2.57. The number of hydrogen-bond acceptors (Lipinski definition) is 4. The number of nitrogens with zero attached hydrogens (tertiary/aromatic N) is 1. The monoisotopic (exact) mass is 215 g/mol. The first-order valence-corrected chi connectivity index (χ1v) is 5.40. The zero-order valence-corrected chi connectivity index (χ0v) is 9.53. The zero-order chi connectivity index (χ0) is 11.3. The minimum absolute atomic E-state index is 0.0373. The van der Waals surface area contributed by atoms with E-state index in [2.05, 4.69) is 10.2 Å². The molecule has 0 spiro atoms. The van der Waals surface area contributed by atoms with Gasteiger partial charge in [0.2, 0.25) is 5.91 Å². The summed E-state index contributed by atoms with van der Waals surface area (Å²) >= 11 is 0. The second-order valence-electron chi connectivity index (χ2n) is 4.19. The van der Waals surface area contributed by atoms with E-state index in [0.29, 0.717) is 0 Å². The summed E-state index contributed by atoms with van der Waals surface area (Å²) in [4.78, 5) is 13.3. The lowest BCUT2D eigenvalue weighted by Gasteiger charge is -2.22. The molecular formula is C10H21N3O2. The first-order chi connectivity index (χ1) is 7.11. The van der Waals surface area contributed by atoms with Crippen molar-refractivity contribution in [3.63, 3.8) is 0 Å². The number of nitrogens with one attached hydrogen (secondary N) is 1. The molecule has 1 aliphatic heterocycles. The lowest BCUT2D eigenvalue weighted by atomic mass is 10.1. The van der Waals surface area contributed by atoms with E-state index in [0.717, 1.165) is 32.5 Å². The first kappa shape index (κ1) is 12.4. The van der Waals surface area contributed by atoms with E-state index in [-0.39, 0.29) is 18.1 Å². The molecule has 0 aromatic carbocycles. The van der Waals surface area contributed by atoms with Crippen molar-refractivity contribution in [1.82, 2.24) is 10.2 Å². The number of nitrogens with two attached hydrogens (primary N) is 1. The molecule has 1 fully saturated rings. The maximum atomic E-state index is 11.2. The third-order valence-electron chi connectivity index (χ3n) is 2.57. The van der Waals surface area contributed by atoms with E-state index >= 15 is 0 Å². The average molecular weight is 215 g/mol. The molecule has 0 aromatic rings. The Balaban J connectivity index is 2.33. The molecule has 0 radical (unpaired) electrons. The van der Waals surface area contributed by atoms with Crippen LogP contribution in [0.25, 0.3) is 0 Å². The van der Waals surface area contributed by atoms with Crippen LogP contribution < -0.4 is 11.1 Å². The number of ether oxygens (including phenoxy) is 1. The molecule has 3 N–H and O–H groups in total. The van der Waals surface area contributed by atoms with Crippen LogP contribution in [0.2, 0.25) is 0 Å². The predicted molar refractivity (Wildman–Crippen MR) is 58.5 cm³/mol. The first-order valence-electron chi connectivity index (χ1n) is 5.40. The van der Waals surface area contributed by atoms with Gasteiger partial charge in [0.05, 0.1) is 6.10 Å². The van der Waals surface area contributed by atoms with E-state index in [1.54, 1.807) is 0 Å². The van der Waals surface area contributed by atoms with Crippen molar-refractivity contribution in [2.45, 2.75) is 25.0 Å². The standard InChI is InChI=1S/C10H21N3O2/c1-13(2)6-5-12-9(10(11)14)8-4-3-7-15-8/h8-9,12H,3-7H2,1-2H3,(H2,11,14). The van der Waals surface area contributed by atoms with E-state index < -0.39 is 0 Å². The Hall–Kier alpha value is -0.650. The van der Waals surface area contributed by atoms with E-state index in [9.17, 15) is 4.79 Å². The lowest BCUT2D eigenvalue weighted by Crippen LogP contribution is -2.50.